The minimum atomic E-state index is -0.326. The molecule has 3 rings (SSSR count). The predicted molar refractivity (Wildman–Crippen MR) is 120 cm³/mol. The molecule has 1 aliphatic rings. The standard InChI is InChI=1S/C21H18Br2FNO3S/c1-3-12(2)25-20(26)18(29-21(25)27)10-13-8-15(22)19(16(23)9-13)28-11-14-6-4-5-7-17(14)24/h4-10,12H,3,11H2,1-2H3/b18-10+/t12-/m0/s1. The topological polar surface area (TPSA) is 46.6 Å². The van der Waals surface area contributed by atoms with Gasteiger partial charge in [0.15, 0.2) is 0 Å². The molecule has 1 aliphatic heterocycles. The molecule has 1 atom stereocenters. The van der Waals surface area contributed by atoms with E-state index in [4.69, 9.17) is 4.74 Å². The fourth-order valence-electron chi connectivity index (χ4n) is 2.76. The zero-order chi connectivity index (χ0) is 21.1. The first-order valence-corrected chi connectivity index (χ1v) is 11.3. The van der Waals surface area contributed by atoms with Crippen LogP contribution in [0.3, 0.4) is 0 Å². The summed E-state index contributed by atoms with van der Waals surface area (Å²) in [6.45, 7) is 3.87. The third-order valence-electron chi connectivity index (χ3n) is 4.50. The van der Waals surface area contributed by atoms with E-state index in [1.807, 2.05) is 13.8 Å². The monoisotopic (exact) mass is 541 g/mol. The molecule has 0 bridgehead atoms. The van der Waals surface area contributed by atoms with Crippen LogP contribution in [0, 0.1) is 5.82 Å². The van der Waals surface area contributed by atoms with Crippen LogP contribution in [0.1, 0.15) is 31.4 Å². The smallest absolute Gasteiger partial charge is 0.293 e. The van der Waals surface area contributed by atoms with Gasteiger partial charge in [-0.25, -0.2) is 4.39 Å². The number of halogens is 3. The van der Waals surface area contributed by atoms with E-state index in [2.05, 4.69) is 31.9 Å². The van der Waals surface area contributed by atoms with E-state index in [-0.39, 0.29) is 29.6 Å². The van der Waals surface area contributed by atoms with E-state index in [0.29, 0.717) is 31.6 Å². The second-order valence-electron chi connectivity index (χ2n) is 6.50. The molecule has 0 saturated carbocycles. The lowest BCUT2D eigenvalue weighted by Crippen LogP contribution is -2.36. The molecule has 2 aromatic rings. The van der Waals surface area contributed by atoms with E-state index in [9.17, 15) is 14.0 Å². The molecule has 152 valence electrons. The first kappa shape index (κ1) is 22.1. The molecule has 1 saturated heterocycles. The molecular formula is C21H18Br2FNO3S. The molecule has 0 aromatic heterocycles. The summed E-state index contributed by atoms with van der Waals surface area (Å²) in [4.78, 5) is 26.4. The van der Waals surface area contributed by atoms with Gasteiger partial charge in [0, 0.05) is 11.6 Å². The molecule has 0 spiro atoms. The SMILES string of the molecule is CC[C@H](C)N1C(=O)S/C(=C/c2cc(Br)c(OCc3ccccc3F)c(Br)c2)C1=O. The Kier molecular flexibility index (Phi) is 7.19. The van der Waals surface area contributed by atoms with Gasteiger partial charge in [0.2, 0.25) is 0 Å². The van der Waals surface area contributed by atoms with E-state index >= 15 is 0 Å². The second-order valence-corrected chi connectivity index (χ2v) is 9.20. The first-order valence-electron chi connectivity index (χ1n) is 8.94. The number of nitrogens with zero attached hydrogens (tertiary/aromatic N) is 1. The van der Waals surface area contributed by atoms with Gasteiger partial charge in [-0.3, -0.25) is 14.5 Å². The van der Waals surface area contributed by atoms with Gasteiger partial charge in [-0.05, 0) is 86.8 Å². The van der Waals surface area contributed by atoms with Crippen LogP contribution in [0.2, 0.25) is 0 Å². The molecule has 8 heteroatoms. The van der Waals surface area contributed by atoms with Crippen LogP contribution in [0.15, 0.2) is 50.2 Å². The summed E-state index contributed by atoms with van der Waals surface area (Å²) in [5, 5.41) is -0.251. The van der Waals surface area contributed by atoms with Crippen molar-refractivity contribution in [1.82, 2.24) is 4.90 Å². The number of benzene rings is 2. The Hall–Kier alpha value is -1.64. The Bertz CT molecular complexity index is 973. The fourth-order valence-corrected chi connectivity index (χ4v) is 5.14. The molecule has 0 N–H and O–H groups in total. The van der Waals surface area contributed by atoms with E-state index in [1.54, 1.807) is 36.4 Å². The zero-order valence-corrected chi connectivity index (χ0v) is 19.7. The van der Waals surface area contributed by atoms with E-state index < -0.39 is 0 Å². The highest BCUT2D eigenvalue weighted by Gasteiger charge is 2.37. The van der Waals surface area contributed by atoms with Crippen LogP contribution in [0.25, 0.3) is 6.08 Å². The van der Waals surface area contributed by atoms with Crippen molar-refractivity contribution in [3.8, 4) is 5.75 Å². The molecule has 1 heterocycles. The van der Waals surface area contributed by atoms with Gasteiger partial charge >= 0.3 is 0 Å². The van der Waals surface area contributed by atoms with Crippen LogP contribution < -0.4 is 4.74 Å². The van der Waals surface area contributed by atoms with Crippen LogP contribution >= 0.6 is 43.6 Å². The van der Waals surface area contributed by atoms with E-state index in [1.165, 1.54) is 11.0 Å². The Morgan fingerprint density at radius 3 is 2.48 bits per heavy atom. The van der Waals surface area contributed by atoms with Crippen LogP contribution in [-0.2, 0) is 11.4 Å². The third kappa shape index (κ3) is 4.92. The lowest BCUT2D eigenvalue weighted by atomic mass is 10.2. The number of rotatable bonds is 6. The number of carbonyl (C=O) groups excluding carboxylic acids is 2. The Morgan fingerprint density at radius 1 is 1.21 bits per heavy atom. The quantitative estimate of drug-likeness (QED) is 0.378. The number of amides is 2. The number of hydrogen-bond donors (Lipinski definition) is 0. The maximum atomic E-state index is 13.8. The summed E-state index contributed by atoms with van der Waals surface area (Å²) in [6.07, 6.45) is 2.39. The van der Waals surface area contributed by atoms with Crippen molar-refractivity contribution in [2.45, 2.75) is 32.9 Å². The molecule has 1 fully saturated rings. The van der Waals surface area contributed by atoms with Crippen molar-refractivity contribution in [2.75, 3.05) is 0 Å². The van der Waals surface area contributed by atoms with Crippen molar-refractivity contribution in [3.05, 3.63) is 67.2 Å². The van der Waals surface area contributed by atoms with Crippen molar-refractivity contribution in [3.63, 3.8) is 0 Å². The average Bonchev–Trinajstić information content (AvgIpc) is 2.95. The maximum Gasteiger partial charge on any atom is 0.293 e. The lowest BCUT2D eigenvalue weighted by Gasteiger charge is -2.19. The number of imide groups is 1. The van der Waals surface area contributed by atoms with Gasteiger partial charge in [-0.15, -0.1) is 0 Å². The molecule has 29 heavy (non-hydrogen) atoms. The molecule has 0 radical (unpaired) electrons. The predicted octanol–water partition coefficient (Wildman–Crippen LogP) is 6.76. The third-order valence-corrected chi connectivity index (χ3v) is 6.57. The van der Waals surface area contributed by atoms with Crippen LogP contribution in [0.4, 0.5) is 9.18 Å². The Morgan fingerprint density at radius 2 is 1.86 bits per heavy atom. The Balaban J connectivity index is 1.81. The average molecular weight is 543 g/mol. The summed E-state index contributed by atoms with van der Waals surface area (Å²) in [5.74, 6) is -0.0759. The number of thioether (sulfide) groups is 1. The van der Waals surface area contributed by atoms with Crippen molar-refractivity contribution < 1.29 is 18.7 Å². The fraction of sp³-hybridized carbons (Fsp3) is 0.238. The van der Waals surface area contributed by atoms with Crippen molar-refractivity contribution in [1.29, 1.82) is 0 Å². The normalized spacial score (nSPS) is 16.6. The van der Waals surface area contributed by atoms with Gasteiger partial charge in [-0.2, -0.15) is 0 Å². The summed E-state index contributed by atoms with van der Waals surface area (Å²) >= 11 is 7.87. The first-order chi connectivity index (χ1) is 13.8. The number of ether oxygens (including phenoxy) is 1. The molecule has 4 nitrogen and oxygen atoms in total. The molecule has 2 aromatic carbocycles. The van der Waals surface area contributed by atoms with E-state index in [0.717, 1.165) is 17.3 Å². The van der Waals surface area contributed by atoms with Gasteiger partial charge in [0.25, 0.3) is 11.1 Å². The largest absolute Gasteiger partial charge is 0.486 e. The highest BCUT2D eigenvalue weighted by atomic mass is 79.9. The number of hydrogen-bond acceptors (Lipinski definition) is 4. The van der Waals surface area contributed by atoms with Crippen molar-refractivity contribution >= 4 is 60.8 Å². The second kappa shape index (κ2) is 9.45. The summed E-state index contributed by atoms with van der Waals surface area (Å²) < 4.78 is 20.9. The summed E-state index contributed by atoms with van der Waals surface area (Å²) in [6, 6.07) is 9.87. The van der Waals surface area contributed by atoms with Gasteiger partial charge in [0.05, 0.1) is 13.9 Å². The zero-order valence-electron chi connectivity index (χ0n) is 15.7. The lowest BCUT2D eigenvalue weighted by molar-refractivity contribution is -0.124. The van der Waals surface area contributed by atoms with Crippen LogP contribution in [-0.4, -0.2) is 22.1 Å². The van der Waals surface area contributed by atoms with Crippen molar-refractivity contribution in [2.24, 2.45) is 0 Å². The molecule has 0 unspecified atom stereocenters. The van der Waals surface area contributed by atoms with Gasteiger partial charge in [-0.1, -0.05) is 25.1 Å². The minimum Gasteiger partial charge on any atom is -0.486 e. The maximum absolute atomic E-state index is 13.8. The minimum absolute atomic E-state index is 0.0804. The molecule has 2 amide bonds. The summed E-state index contributed by atoms with van der Waals surface area (Å²) in [7, 11) is 0. The molecular weight excluding hydrogens is 525 g/mol. The van der Waals surface area contributed by atoms with Crippen LogP contribution in [0.5, 0.6) is 5.75 Å². The van der Waals surface area contributed by atoms with Gasteiger partial charge < -0.3 is 4.74 Å². The summed E-state index contributed by atoms with van der Waals surface area (Å²) in [5.41, 5.74) is 1.19. The molecule has 0 aliphatic carbocycles. The highest BCUT2D eigenvalue weighted by molar-refractivity contribution is 9.11. The number of carbonyl (C=O) groups is 2. The Labute approximate surface area is 189 Å². The highest BCUT2D eigenvalue weighted by Crippen LogP contribution is 2.38. The van der Waals surface area contributed by atoms with Gasteiger partial charge in [0.1, 0.15) is 18.2 Å².